The number of carboxylic acid groups (broad SMARTS) is 1. The Labute approximate surface area is 131 Å². The zero-order valence-corrected chi connectivity index (χ0v) is 12.0. The molecule has 0 aromatic rings. The smallest absolute Gasteiger partial charge is 0.432 e. The number of aliphatic hydroxyl groups is 1. The van der Waals surface area contributed by atoms with E-state index in [0.29, 0.717) is 0 Å². The molecule has 0 saturated heterocycles. The van der Waals surface area contributed by atoms with Crippen molar-refractivity contribution in [1.29, 1.82) is 0 Å². The van der Waals surface area contributed by atoms with E-state index < -0.39 is 60.0 Å². The molecule has 2 N–H and O–H groups in total. The summed E-state index contributed by atoms with van der Waals surface area (Å²) in [5.74, 6) is -9.29. The highest BCUT2D eigenvalue weighted by atomic mass is 19.4. The van der Waals surface area contributed by atoms with E-state index in [0.717, 1.165) is 0 Å². The average molecular weight is 398 g/mol. The minimum absolute atomic E-state index is 0.239. The molecule has 14 heteroatoms. The van der Waals surface area contributed by atoms with Crippen LogP contribution in [0.1, 0.15) is 13.8 Å². The molecular weight excluding hydrogens is 389 g/mol. The van der Waals surface area contributed by atoms with Gasteiger partial charge in [-0.05, 0) is 13.8 Å². The molecule has 0 radical (unpaired) electrons. The third-order valence-electron chi connectivity index (χ3n) is 3.36. The van der Waals surface area contributed by atoms with E-state index in [1.54, 1.807) is 0 Å². The fraction of sp³-hybridized carbons (Fsp3) is 0.727. The molecule has 0 aromatic carbocycles. The van der Waals surface area contributed by atoms with Crippen molar-refractivity contribution >= 4 is 5.97 Å². The molecule has 0 aromatic heterocycles. The Bertz CT molecular complexity index is 541. The van der Waals surface area contributed by atoms with E-state index in [-0.39, 0.29) is 6.92 Å². The van der Waals surface area contributed by atoms with Gasteiger partial charge in [-0.25, -0.2) is 13.6 Å². The molecule has 0 rings (SSSR count). The van der Waals surface area contributed by atoms with Crippen LogP contribution in [-0.2, 0) is 4.79 Å². The number of carbonyl (C=O) groups is 1. The number of carboxylic acids is 1. The molecule has 3 nitrogen and oxygen atoms in total. The van der Waals surface area contributed by atoms with Crippen LogP contribution in [0.25, 0.3) is 0 Å². The molecule has 0 heterocycles. The van der Waals surface area contributed by atoms with Crippen LogP contribution < -0.4 is 0 Å². The number of hydrogen-bond donors (Lipinski definition) is 2. The lowest BCUT2D eigenvalue weighted by atomic mass is 9.72. The van der Waals surface area contributed by atoms with Crippen molar-refractivity contribution in [3.63, 3.8) is 0 Å². The molecule has 0 amide bonds. The molecule has 1 unspecified atom stereocenters. The van der Waals surface area contributed by atoms with Crippen LogP contribution in [0.2, 0.25) is 0 Å². The molecular formula is C11H9F11O3. The van der Waals surface area contributed by atoms with E-state index in [9.17, 15) is 53.1 Å². The minimum atomic E-state index is -7.27. The first-order chi connectivity index (χ1) is 10.6. The number of halogens is 11. The van der Waals surface area contributed by atoms with Gasteiger partial charge in [-0.15, -0.1) is 0 Å². The maximum absolute atomic E-state index is 14.0. The van der Waals surface area contributed by atoms with Crippen LogP contribution in [0, 0.1) is 5.41 Å². The molecule has 0 bridgehead atoms. The maximum atomic E-state index is 14.0. The van der Waals surface area contributed by atoms with Gasteiger partial charge in [-0.2, -0.15) is 39.5 Å². The summed E-state index contributed by atoms with van der Waals surface area (Å²) in [5.41, 5.74) is -14.1. The van der Waals surface area contributed by atoms with Gasteiger partial charge in [0, 0.05) is 5.57 Å². The van der Waals surface area contributed by atoms with Gasteiger partial charge in [0.2, 0.25) is 0 Å². The summed E-state index contributed by atoms with van der Waals surface area (Å²) in [7, 11) is 0. The number of aliphatic carboxylic acids is 1. The van der Waals surface area contributed by atoms with Gasteiger partial charge >= 0.3 is 36.0 Å². The van der Waals surface area contributed by atoms with E-state index in [1.807, 2.05) is 0 Å². The number of hydrogen-bond acceptors (Lipinski definition) is 2. The summed E-state index contributed by atoms with van der Waals surface area (Å²) in [4.78, 5) is 10.5. The van der Waals surface area contributed by atoms with Gasteiger partial charge in [-0.3, -0.25) is 0 Å². The molecule has 0 aliphatic heterocycles. The molecule has 0 saturated carbocycles. The van der Waals surface area contributed by atoms with Crippen LogP contribution in [0.3, 0.4) is 0 Å². The van der Waals surface area contributed by atoms with Crippen molar-refractivity contribution in [3.05, 3.63) is 11.6 Å². The van der Waals surface area contributed by atoms with Crippen molar-refractivity contribution in [3.8, 4) is 0 Å². The Morgan fingerprint density at radius 1 is 0.800 bits per heavy atom. The largest absolute Gasteiger partial charge is 0.478 e. The Hall–Kier alpha value is -1.60. The molecule has 0 aliphatic rings. The summed E-state index contributed by atoms with van der Waals surface area (Å²) in [5, 5.41) is 17.1. The molecule has 0 aliphatic carbocycles. The van der Waals surface area contributed by atoms with Gasteiger partial charge in [0.15, 0.2) is 0 Å². The second-order valence-corrected chi connectivity index (χ2v) is 5.11. The van der Waals surface area contributed by atoms with E-state index in [4.69, 9.17) is 10.2 Å². The predicted molar refractivity (Wildman–Crippen MR) is 57.6 cm³/mol. The van der Waals surface area contributed by atoms with Crippen molar-refractivity contribution in [2.24, 2.45) is 5.41 Å². The Balaban J connectivity index is 7.03. The van der Waals surface area contributed by atoms with Crippen molar-refractivity contribution in [1.82, 2.24) is 0 Å². The molecule has 0 spiro atoms. The summed E-state index contributed by atoms with van der Waals surface area (Å²) >= 11 is 0. The first-order valence-electron chi connectivity index (χ1n) is 5.81. The van der Waals surface area contributed by atoms with Crippen molar-refractivity contribution in [2.45, 2.75) is 43.9 Å². The summed E-state index contributed by atoms with van der Waals surface area (Å²) in [6.45, 7) is -0.551. The van der Waals surface area contributed by atoms with Crippen LogP contribution in [-0.4, -0.2) is 46.2 Å². The maximum Gasteiger partial charge on any atom is 0.432 e. The van der Waals surface area contributed by atoms with E-state index in [2.05, 4.69) is 0 Å². The predicted octanol–water partition coefficient (Wildman–Crippen LogP) is 4.08. The normalized spacial score (nSPS) is 18.1. The summed E-state index contributed by atoms with van der Waals surface area (Å²) in [6.07, 6.45) is -22.1. The van der Waals surface area contributed by atoms with Gasteiger partial charge in [-0.1, -0.05) is 6.08 Å². The molecule has 1 atom stereocenters. The summed E-state index contributed by atoms with van der Waals surface area (Å²) in [6, 6.07) is 0. The second kappa shape index (κ2) is 5.99. The average Bonchev–Trinajstić information content (AvgIpc) is 2.32. The fourth-order valence-electron chi connectivity index (χ4n) is 1.74. The zero-order chi connectivity index (χ0) is 20.9. The van der Waals surface area contributed by atoms with E-state index >= 15 is 0 Å². The number of allylic oxidation sites excluding steroid dienone is 1. The second-order valence-electron chi connectivity index (χ2n) is 5.11. The number of alkyl halides is 11. The van der Waals surface area contributed by atoms with Crippen LogP contribution in [0.15, 0.2) is 11.6 Å². The first kappa shape index (κ1) is 23.4. The highest BCUT2D eigenvalue weighted by Crippen LogP contribution is 2.62. The molecule has 0 fully saturated rings. The fourth-order valence-corrected chi connectivity index (χ4v) is 1.74. The Morgan fingerprint density at radius 3 is 1.32 bits per heavy atom. The van der Waals surface area contributed by atoms with Crippen LogP contribution >= 0.6 is 0 Å². The number of rotatable bonds is 4. The lowest BCUT2D eigenvalue weighted by Gasteiger charge is -2.46. The topological polar surface area (TPSA) is 57.5 Å². The van der Waals surface area contributed by atoms with Gasteiger partial charge in [0.05, 0.1) is 0 Å². The van der Waals surface area contributed by atoms with Crippen LogP contribution in [0.5, 0.6) is 0 Å². The quantitative estimate of drug-likeness (QED) is 0.555. The van der Waals surface area contributed by atoms with Gasteiger partial charge in [0.1, 0.15) is 5.41 Å². The third-order valence-corrected chi connectivity index (χ3v) is 3.36. The zero-order valence-electron chi connectivity index (χ0n) is 12.0. The molecule has 25 heavy (non-hydrogen) atoms. The highest BCUT2D eigenvalue weighted by Gasteiger charge is 2.88. The van der Waals surface area contributed by atoms with Gasteiger partial charge < -0.3 is 10.2 Å². The van der Waals surface area contributed by atoms with E-state index in [1.165, 1.54) is 0 Å². The summed E-state index contributed by atoms with van der Waals surface area (Å²) < 4.78 is 142. The van der Waals surface area contributed by atoms with Crippen molar-refractivity contribution in [2.75, 3.05) is 0 Å². The lowest BCUT2D eigenvalue weighted by molar-refractivity contribution is -0.450. The molecule has 148 valence electrons. The van der Waals surface area contributed by atoms with Crippen molar-refractivity contribution < 1.29 is 63.3 Å². The Kier molecular flexibility index (Phi) is 5.60. The highest BCUT2D eigenvalue weighted by molar-refractivity contribution is 5.86. The van der Waals surface area contributed by atoms with Gasteiger partial charge in [0.25, 0.3) is 0 Å². The lowest BCUT2D eigenvalue weighted by Crippen LogP contribution is -2.73. The minimum Gasteiger partial charge on any atom is -0.478 e. The van der Waals surface area contributed by atoms with Crippen LogP contribution in [0.4, 0.5) is 48.3 Å². The third kappa shape index (κ3) is 3.40. The monoisotopic (exact) mass is 398 g/mol. The SMILES string of the molecule is CC(=CC(C)(C(F)(F)F)C(F)(F)C(O)(C(F)(F)F)C(F)(F)F)C(=O)O. The standard InChI is InChI=1S/C11H9F11O3/c1-4(5(23)24)3-6(2,9(14,15)16)8(12,13)7(25,10(17,18)19)11(20,21)22/h3,25H,1-2H3,(H,23,24). The first-order valence-corrected chi connectivity index (χ1v) is 5.81. The Morgan fingerprint density at radius 2 is 1.12 bits per heavy atom.